The molecule has 1 aromatic carbocycles. The Morgan fingerprint density at radius 1 is 1.28 bits per heavy atom. The lowest BCUT2D eigenvalue weighted by atomic mass is 10.2. The smallest absolute Gasteiger partial charge is 0.308 e. The van der Waals surface area contributed by atoms with E-state index >= 15 is 0 Å². The minimum absolute atomic E-state index is 0.245. The molecule has 0 unspecified atom stereocenters. The number of hydrogen-bond acceptors (Lipinski definition) is 2. The lowest BCUT2D eigenvalue weighted by Gasteiger charge is -2.08. The zero-order chi connectivity index (χ0) is 13.4. The highest BCUT2D eigenvalue weighted by atomic mass is 35.5. The number of amides is 2. The van der Waals surface area contributed by atoms with E-state index in [2.05, 4.69) is 17.6 Å². The predicted octanol–water partition coefficient (Wildman–Crippen LogP) is 4.02. The van der Waals surface area contributed by atoms with Crippen molar-refractivity contribution in [1.82, 2.24) is 5.32 Å². The van der Waals surface area contributed by atoms with E-state index in [9.17, 15) is 4.79 Å². The van der Waals surface area contributed by atoms with Gasteiger partial charge in [0.05, 0.1) is 0 Å². The van der Waals surface area contributed by atoms with E-state index in [0.717, 1.165) is 19.3 Å². The quantitative estimate of drug-likeness (QED) is 0.421. The van der Waals surface area contributed by atoms with E-state index in [1.54, 1.807) is 24.3 Å². The number of halogens is 1. The molecule has 0 aliphatic heterocycles. The monoisotopic (exact) mass is 267 g/mol. The average Bonchev–Trinajstić information content (AvgIpc) is 2.32. The number of anilines is 1. The first-order valence-corrected chi connectivity index (χ1v) is 6.40. The molecule has 98 valence electrons. The molecule has 0 aromatic heterocycles. The highest BCUT2D eigenvalue weighted by Gasteiger charge is 2.04. The molecule has 0 atom stereocenters. The number of amidine groups is 1. The SMILES string of the molecule is CCCCCC(=N)NC(=O)Nc1ccc(Cl)cc1. The Morgan fingerprint density at radius 3 is 2.56 bits per heavy atom. The summed E-state index contributed by atoms with van der Waals surface area (Å²) >= 11 is 5.74. The van der Waals surface area contributed by atoms with Gasteiger partial charge in [-0.2, -0.15) is 0 Å². The number of carbonyl (C=O) groups is 1. The molecule has 0 bridgehead atoms. The molecule has 0 spiro atoms. The number of urea groups is 1. The van der Waals surface area contributed by atoms with Crippen LogP contribution in [0.5, 0.6) is 0 Å². The van der Waals surface area contributed by atoms with Gasteiger partial charge in [-0.05, 0) is 30.7 Å². The minimum Gasteiger partial charge on any atom is -0.308 e. The van der Waals surface area contributed by atoms with Crippen molar-refractivity contribution in [3.05, 3.63) is 29.3 Å². The van der Waals surface area contributed by atoms with Gasteiger partial charge in [0.25, 0.3) is 0 Å². The number of carbonyl (C=O) groups excluding carboxylic acids is 1. The normalized spacial score (nSPS) is 9.89. The van der Waals surface area contributed by atoms with Gasteiger partial charge < -0.3 is 5.32 Å². The second-order valence-corrected chi connectivity index (χ2v) is 4.46. The summed E-state index contributed by atoms with van der Waals surface area (Å²) < 4.78 is 0. The van der Waals surface area contributed by atoms with Crippen molar-refractivity contribution in [3.8, 4) is 0 Å². The van der Waals surface area contributed by atoms with Gasteiger partial charge in [-0.3, -0.25) is 10.7 Å². The summed E-state index contributed by atoms with van der Waals surface area (Å²) in [5, 5.41) is 13.4. The van der Waals surface area contributed by atoms with E-state index in [-0.39, 0.29) is 11.9 Å². The molecular weight excluding hydrogens is 250 g/mol. The fourth-order valence-electron chi connectivity index (χ4n) is 1.45. The van der Waals surface area contributed by atoms with Crippen molar-refractivity contribution in [2.24, 2.45) is 0 Å². The second kappa shape index (κ2) is 7.71. The summed E-state index contributed by atoms with van der Waals surface area (Å²) in [4.78, 5) is 11.5. The Hall–Kier alpha value is -1.55. The van der Waals surface area contributed by atoms with Gasteiger partial charge in [-0.15, -0.1) is 0 Å². The van der Waals surface area contributed by atoms with Crippen LogP contribution in [0.15, 0.2) is 24.3 Å². The van der Waals surface area contributed by atoms with Crippen LogP contribution in [0.1, 0.15) is 32.6 Å². The van der Waals surface area contributed by atoms with Crippen LogP contribution in [0.4, 0.5) is 10.5 Å². The third-order valence-electron chi connectivity index (χ3n) is 2.40. The molecule has 0 aliphatic carbocycles. The van der Waals surface area contributed by atoms with Crippen molar-refractivity contribution in [1.29, 1.82) is 5.41 Å². The van der Waals surface area contributed by atoms with Gasteiger partial charge in [0.15, 0.2) is 0 Å². The molecule has 18 heavy (non-hydrogen) atoms. The molecule has 1 rings (SSSR count). The van der Waals surface area contributed by atoms with Crippen LogP contribution in [0.25, 0.3) is 0 Å². The van der Waals surface area contributed by atoms with Crippen LogP contribution in [-0.2, 0) is 0 Å². The van der Waals surface area contributed by atoms with E-state index in [4.69, 9.17) is 17.0 Å². The molecule has 2 amide bonds. The minimum atomic E-state index is -0.390. The first-order chi connectivity index (χ1) is 8.61. The first kappa shape index (κ1) is 14.5. The molecule has 0 saturated heterocycles. The Labute approximate surface area is 112 Å². The molecule has 0 heterocycles. The predicted molar refractivity (Wildman–Crippen MR) is 75.5 cm³/mol. The van der Waals surface area contributed by atoms with Crippen LogP contribution < -0.4 is 10.6 Å². The molecule has 3 N–H and O–H groups in total. The fraction of sp³-hybridized carbons (Fsp3) is 0.385. The zero-order valence-electron chi connectivity index (χ0n) is 10.4. The molecule has 0 fully saturated rings. The Balaban J connectivity index is 2.32. The Morgan fingerprint density at radius 2 is 1.94 bits per heavy atom. The summed E-state index contributed by atoms with van der Waals surface area (Å²) in [6.45, 7) is 2.10. The molecule has 0 aliphatic rings. The highest BCUT2D eigenvalue weighted by molar-refractivity contribution is 6.30. The van der Waals surface area contributed by atoms with Crippen molar-refractivity contribution in [3.63, 3.8) is 0 Å². The molecular formula is C13H18ClN3O. The summed E-state index contributed by atoms with van der Waals surface area (Å²) in [6, 6.07) is 6.43. The van der Waals surface area contributed by atoms with Crippen LogP contribution >= 0.6 is 11.6 Å². The third-order valence-corrected chi connectivity index (χ3v) is 2.65. The van der Waals surface area contributed by atoms with E-state index in [0.29, 0.717) is 17.1 Å². The van der Waals surface area contributed by atoms with Gasteiger partial charge >= 0.3 is 6.03 Å². The van der Waals surface area contributed by atoms with Crippen LogP contribution in [0.3, 0.4) is 0 Å². The third kappa shape index (κ3) is 5.68. The van der Waals surface area contributed by atoms with E-state index < -0.39 is 0 Å². The molecule has 1 aromatic rings. The Bertz CT molecular complexity index is 403. The summed E-state index contributed by atoms with van der Waals surface area (Å²) in [7, 11) is 0. The lowest BCUT2D eigenvalue weighted by Crippen LogP contribution is -2.33. The van der Waals surface area contributed by atoms with E-state index in [1.165, 1.54) is 0 Å². The summed E-state index contributed by atoms with van der Waals surface area (Å²) in [5.74, 6) is 0.245. The summed E-state index contributed by atoms with van der Waals surface area (Å²) in [6.07, 6.45) is 3.70. The van der Waals surface area contributed by atoms with Crippen molar-refractivity contribution in [2.75, 3.05) is 5.32 Å². The Kier molecular flexibility index (Phi) is 6.22. The molecule has 4 nitrogen and oxygen atoms in total. The van der Waals surface area contributed by atoms with Crippen molar-refractivity contribution < 1.29 is 4.79 Å². The van der Waals surface area contributed by atoms with Crippen molar-refractivity contribution in [2.45, 2.75) is 32.6 Å². The maximum Gasteiger partial charge on any atom is 0.324 e. The number of unbranched alkanes of at least 4 members (excludes halogenated alkanes) is 2. The number of rotatable bonds is 5. The van der Waals surface area contributed by atoms with Gasteiger partial charge in [0, 0.05) is 17.1 Å². The van der Waals surface area contributed by atoms with Gasteiger partial charge in [0.2, 0.25) is 0 Å². The average molecular weight is 268 g/mol. The van der Waals surface area contributed by atoms with E-state index in [1.807, 2.05) is 0 Å². The molecule has 0 saturated carbocycles. The van der Waals surface area contributed by atoms with Crippen LogP contribution in [0.2, 0.25) is 5.02 Å². The van der Waals surface area contributed by atoms with Gasteiger partial charge in [-0.1, -0.05) is 31.4 Å². The maximum absolute atomic E-state index is 11.5. The largest absolute Gasteiger partial charge is 0.324 e. The standard InChI is InChI=1S/C13H18ClN3O/c1-2-3-4-5-12(15)17-13(18)16-11-8-6-10(14)7-9-11/h6-9H,2-5H2,1H3,(H3,15,16,17,18). The fourth-order valence-corrected chi connectivity index (χ4v) is 1.57. The van der Waals surface area contributed by atoms with Crippen molar-refractivity contribution >= 4 is 29.2 Å². The maximum atomic E-state index is 11.5. The second-order valence-electron chi connectivity index (χ2n) is 4.02. The number of hydrogen-bond donors (Lipinski definition) is 3. The molecule has 5 heteroatoms. The zero-order valence-corrected chi connectivity index (χ0v) is 11.2. The van der Waals surface area contributed by atoms with Crippen LogP contribution in [-0.4, -0.2) is 11.9 Å². The number of nitrogens with one attached hydrogen (secondary N) is 3. The summed E-state index contributed by atoms with van der Waals surface area (Å²) in [5.41, 5.74) is 0.651. The van der Waals surface area contributed by atoms with Crippen LogP contribution in [0, 0.1) is 5.41 Å². The van der Waals surface area contributed by atoms with Gasteiger partial charge in [-0.25, -0.2) is 4.79 Å². The first-order valence-electron chi connectivity index (χ1n) is 6.03. The molecule has 0 radical (unpaired) electrons. The highest BCUT2D eigenvalue weighted by Crippen LogP contribution is 2.13. The number of benzene rings is 1. The van der Waals surface area contributed by atoms with Gasteiger partial charge in [0.1, 0.15) is 5.84 Å². The topological polar surface area (TPSA) is 65.0 Å². The lowest BCUT2D eigenvalue weighted by molar-refractivity contribution is 0.256.